The van der Waals surface area contributed by atoms with Crippen molar-refractivity contribution in [3.63, 3.8) is 0 Å². The summed E-state index contributed by atoms with van der Waals surface area (Å²) in [5.41, 5.74) is 2.09. The van der Waals surface area contributed by atoms with E-state index in [0.29, 0.717) is 58.4 Å². The molecule has 9 nitrogen and oxygen atoms in total. The number of nitrogens with zero attached hydrogens (tertiary/aromatic N) is 2. The average Bonchev–Trinajstić information content (AvgIpc) is 2.86. The van der Waals surface area contributed by atoms with Gasteiger partial charge in [-0.05, 0) is 56.3 Å². The molecule has 1 heterocycles. The van der Waals surface area contributed by atoms with Crippen molar-refractivity contribution in [2.24, 2.45) is 0 Å². The fraction of sp³-hybridized carbons (Fsp3) is 0.259. The van der Waals surface area contributed by atoms with E-state index < -0.39 is 0 Å². The topological polar surface area (TPSA) is 109 Å². The number of ether oxygens (including phenoxy) is 4. The van der Waals surface area contributed by atoms with Crippen molar-refractivity contribution in [2.75, 3.05) is 32.8 Å². The number of anilines is 2. The van der Waals surface area contributed by atoms with E-state index in [0.717, 1.165) is 0 Å². The third-order valence-electron chi connectivity index (χ3n) is 5.31. The van der Waals surface area contributed by atoms with Crippen molar-refractivity contribution in [1.82, 2.24) is 9.97 Å². The number of ketones is 2. The minimum Gasteiger partial charge on any atom is -0.493 e. The first-order valence-electron chi connectivity index (χ1n) is 11.4. The summed E-state index contributed by atoms with van der Waals surface area (Å²) in [5.74, 6) is 1.59. The monoisotopic (exact) mass is 489 g/mol. The summed E-state index contributed by atoms with van der Waals surface area (Å²) in [6.45, 7) is 4.60. The SMILES string of the molecule is COCCOc1cc2ncnc(Nc3ccc(OC(C)C)c(C4=CC(=O)C=CC4=O)c3)c2cc1OC. The maximum absolute atomic E-state index is 12.6. The molecular weight excluding hydrogens is 462 g/mol. The normalized spacial score (nSPS) is 13.2. The van der Waals surface area contributed by atoms with E-state index in [9.17, 15) is 9.59 Å². The van der Waals surface area contributed by atoms with Crippen molar-refractivity contribution in [3.8, 4) is 17.2 Å². The van der Waals surface area contributed by atoms with Gasteiger partial charge in [0.25, 0.3) is 0 Å². The lowest BCUT2D eigenvalue weighted by Crippen LogP contribution is -2.12. The molecule has 1 aromatic heterocycles. The van der Waals surface area contributed by atoms with Crippen molar-refractivity contribution in [1.29, 1.82) is 0 Å². The summed E-state index contributed by atoms with van der Waals surface area (Å²) >= 11 is 0. The maximum Gasteiger partial charge on any atom is 0.186 e. The number of rotatable bonds is 10. The molecule has 9 heteroatoms. The lowest BCUT2D eigenvalue weighted by molar-refractivity contribution is -0.113. The molecule has 0 saturated heterocycles. The molecule has 0 amide bonds. The van der Waals surface area contributed by atoms with Gasteiger partial charge in [-0.2, -0.15) is 0 Å². The predicted octanol–water partition coefficient (Wildman–Crippen LogP) is 4.29. The Kier molecular flexibility index (Phi) is 7.60. The Bertz CT molecular complexity index is 1360. The first kappa shape index (κ1) is 24.9. The molecule has 0 fully saturated rings. The van der Waals surface area contributed by atoms with E-state index in [-0.39, 0.29) is 23.2 Å². The molecule has 0 aliphatic heterocycles. The largest absolute Gasteiger partial charge is 0.493 e. The number of benzene rings is 2. The first-order valence-corrected chi connectivity index (χ1v) is 11.4. The number of nitrogens with one attached hydrogen (secondary N) is 1. The van der Waals surface area contributed by atoms with Crippen LogP contribution in [0.2, 0.25) is 0 Å². The zero-order valence-corrected chi connectivity index (χ0v) is 20.5. The number of methoxy groups -OCH3 is 2. The Balaban J connectivity index is 1.73. The van der Waals surface area contributed by atoms with Crippen LogP contribution in [-0.4, -0.2) is 55.1 Å². The molecule has 1 aliphatic carbocycles. The smallest absolute Gasteiger partial charge is 0.186 e. The van der Waals surface area contributed by atoms with Crippen LogP contribution in [0.3, 0.4) is 0 Å². The van der Waals surface area contributed by atoms with Crippen molar-refractivity contribution < 1.29 is 28.5 Å². The average molecular weight is 490 g/mol. The highest BCUT2D eigenvalue weighted by Crippen LogP contribution is 2.36. The zero-order valence-electron chi connectivity index (χ0n) is 20.5. The summed E-state index contributed by atoms with van der Waals surface area (Å²) in [7, 11) is 3.17. The second-order valence-corrected chi connectivity index (χ2v) is 8.24. The fourth-order valence-electron chi connectivity index (χ4n) is 3.70. The second-order valence-electron chi connectivity index (χ2n) is 8.24. The van der Waals surface area contributed by atoms with Crippen LogP contribution in [0.1, 0.15) is 19.4 Å². The highest BCUT2D eigenvalue weighted by molar-refractivity contribution is 6.34. The number of aromatic nitrogens is 2. The zero-order chi connectivity index (χ0) is 25.7. The van der Waals surface area contributed by atoms with Gasteiger partial charge >= 0.3 is 0 Å². The Labute approximate surface area is 208 Å². The molecule has 4 rings (SSSR count). The van der Waals surface area contributed by atoms with Crippen molar-refractivity contribution in [2.45, 2.75) is 20.0 Å². The van der Waals surface area contributed by atoms with Crippen molar-refractivity contribution >= 4 is 39.5 Å². The number of hydrogen-bond donors (Lipinski definition) is 1. The number of fused-ring (bicyclic) bond motifs is 1. The number of allylic oxidation sites excluding steroid dienone is 4. The third kappa shape index (κ3) is 5.52. The molecule has 0 bridgehead atoms. The van der Waals surface area contributed by atoms with Crippen LogP contribution >= 0.6 is 0 Å². The first-order chi connectivity index (χ1) is 17.4. The fourth-order valence-corrected chi connectivity index (χ4v) is 3.70. The van der Waals surface area contributed by atoms with Gasteiger partial charge in [0.05, 0.1) is 25.3 Å². The molecular formula is C27H27N3O6. The summed E-state index contributed by atoms with van der Waals surface area (Å²) in [6.07, 6.45) is 5.18. The number of hydrogen-bond acceptors (Lipinski definition) is 9. The van der Waals surface area contributed by atoms with Crippen LogP contribution in [0.5, 0.6) is 17.2 Å². The van der Waals surface area contributed by atoms with E-state index in [1.807, 2.05) is 19.9 Å². The summed E-state index contributed by atoms with van der Waals surface area (Å²) in [6, 6.07) is 8.93. The van der Waals surface area contributed by atoms with Crippen LogP contribution in [0.25, 0.3) is 16.5 Å². The van der Waals surface area contributed by atoms with Gasteiger partial charge in [-0.3, -0.25) is 9.59 Å². The van der Waals surface area contributed by atoms with Gasteiger partial charge in [0.2, 0.25) is 0 Å². The summed E-state index contributed by atoms with van der Waals surface area (Å²) < 4.78 is 22.2. The minimum absolute atomic E-state index is 0.119. The van der Waals surface area contributed by atoms with E-state index in [4.69, 9.17) is 18.9 Å². The van der Waals surface area contributed by atoms with E-state index >= 15 is 0 Å². The molecule has 0 spiro atoms. The Morgan fingerprint density at radius 1 is 0.944 bits per heavy atom. The van der Waals surface area contributed by atoms with Gasteiger partial charge in [-0.15, -0.1) is 0 Å². The minimum atomic E-state index is -0.265. The molecule has 0 saturated carbocycles. The number of carbonyl (C=O) groups excluding carboxylic acids is 2. The molecule has 1 N–H and O–H groups in total. The molecule has 2 aromatic carbocycles. The molecule has 36 heavy (non-hydrogen) atoms. The Hall–Kier alpha value is -4.24. The van der Waals surface area contributed by atoms with Gasteiger partial charge in [-0.1, -0.05) is 0 Å². The summed E-state index contributed by atoms with van der Waals surface area (Å²) in [4.78, 5) is 33.4. The van der Waals surface area contributed by atoms with Crippen LogP contribution < -0.4 is 19.5 Å². The highest BCUT2D eigenvalue weighted by Gasteiger charge is 2.21. The molecule has 186 valence electrons. The molecule has 1 aliphatic rings. The van der Waals surface area contributed by atoms with Gasteiger partial charge in [-0.25, -0.2) is 9.97 Å². The predicted molar refractivity (Wildman–Crippen MR) is 136 cm³/mol. The van der Waals surface area contributed by atoms with Crippen LogP contribution in [0.4, 0.5) is 11.5 Å². The second kappa shape index (κ2) is 11.0. The van der Waals surface area contributed by atoms with Gasteiger partial charge in [0, 0.05) is 35.4 Å². The molecule has 0 unspecified atom stereocenters. The lowest BCUT2D eigenvalue weighted by atomic mass is 9.95. The van der Waals surface area contributed by atoms with Gasteiger partial charge in [0.15, 0.2) is 23.1 Å². The van der Waals surface area contributed by atoms with Gasteiger partial charge < -0.3 is 24.3 Å². The number of carbonyl (C=O) groups is 2. The van der Waals surface area contributed by atoms with Crippen LogP contribution in [0, 0.1) is 0 Å². The lowest BCUT2D eigenvalue weighted by Gasteiger charge is -2.18. The quantitative estimate of drug-likeness (QED) is 0.329. The third-order valence-corrected chi connectivity index (χ3v) is 5.31. The summed E-state index contributed by atoms with van der Waals surface area (Å²) in [5, 5.41) is 4.00. The van der Waals surface area contributed by atoms with Crippen LogP contribution in [-0.2, 0) is 14.3 Å². The molecule has 0 radical (unpaired) electrons. The van der Waals surface area contributed by atoms with E-state index in [1.54, 1.807) is 38.5 Å². The van der Waals surface area contributed by atoms with E-state index in [2.05, 4.69) is 15.3 Å². The highest BCUT2D eigenvalue weighted by atomic mass is 16.5. The van der Waals surface area contributed by atoms with E-state index in [1.165, 1.54) is 24.6 Å². The Morgan fingerprint density at radius 3 is 2.53 bits per heavy atom. The Morgan fingerprint density at radius 2 is 1.78 bits per heavy atom. The maximum atomic E-state index is 12.6. The molecule has 0 atom stereocenters. The van der Waals surface area contributed by atoms with Crippen molar-refractivity contribution in [3.05, 3.63) is 60.5 Å². The van der Waals surface area contributed by atoms with Crippen LogP contribution in [0.15, 0.2) is 54.9 Å². The van der Waals surface area contributed by atoms with Gasteiger partial charge in [0.1, 0.15) is 24.5 Å². The standard InChI is InChI=1S/C27H27N3O6/c1-16(2)36-24-8-5-17(11-20(24)19-12-18(31)6-7-23(19)32)30-27-21-13-25(34-4)26(35-10-9-33-3)14-22(21)28-15-29-27/h5-8,11-16H,9-10H2,1-4H3,(H,28,29,30). The molecule has 3 aromatic rings.